The molecule has 2 heterocycles. The van der Waals surface area contributed by atoms with Crippen LogP contribution in [0.4, 0.5) is 19.4 Å². The van der Waals surface area contributed by atoms with Crippen molar-refractivity contribution < 1.29 is 18.7 Å². The summed E-state index contributed by atoms with van der Waals surface area (Å²) in [7, 11) is 0. The zero-order chi connectivity index (χ0) is 17.3. The Morgan fingerprint density at radius 3 is 2.67 bits per heavy atom. The van der Waals surface area contributed by atoms with Gasteiger partial charge in [-0.1, -0.05) is 0 Å². The number of amides is 1. The highest BCUT2D eigenvalue weighted by Gasteiger charge is 2.50. The monoisotopic (exact) mass is 398 g/mol. The summed E-state index contributed by atoms with van der Waals surface area (Å²) < 4.78 is 28.2. The SMILES string of the molecule is O=C(O)N(C[C@]1(c2ncccc2F)C[C@@H](F)C1)c1ccc(Br)nn1. The molecular weight excluding hydrogens is 386 g/mol. The molecule has 1 aliphatic rings. The Morgan fingerprint density at radius 2 is 2.12 bits per heavy atom. The van der Waals surface area contributed by atoms with Gasteiger partial charge in [0.15, 0.2) is 5.82 Å². The van der Waals surface area contributed by atoms with Crippen molar-refractivity contribution in [3.8, 4) is 0 Å². The van der Waals surface area contributed by atoms with E-state index in [1.54, 1.807) is 6.07 Å². The van der Waals surface area contributed by atoms with Crippen molar-refractivity contribution >= 4 is 27.8 Å². The molecule has 0 bridgehead atoms. The van der Waals surface area contributed by atoms with Gasteiger partial charge in [-0.25, -0.2) is 13.6 Å². The van der Waals surface area contributed by atoms with Crippen LogP contribution in [0.5, 0.6) is 0 Å². The van der Waals surface area contributed by atoms with Crippen LogP contribution in [0.25, 0.3) is 0 Å². The third-order valence-electron chi connectivity index (χ3n) is 4.07. The Morgan fingerprint density at radius 1 is 1.38 bits per heavy atom. The van der Waals surface area contributed by atoms with E-state index in [1.807, 2.05) is 0 Å². The Labute approximate surface area is 144 Å². The largest absolute Gasteiger partial charge is 0.465 e. The van der Waals surface area contributed by atoms with Crippen LogP contribution in [-0.2, 0) is 5.41 Å². The van der Waals surface area contributed by atoms with E-state index < -0.39 is 23.5 Å². The summed E-state index contributed by atoms with van der Waals surface area (Å²) in [6.45, 7) is -0.146. The van der Waals surface area contributed by atoms with E-state index in [0.717, 1.165) is 4.90 Å². The topological polar surface area (TPSA) is 79.2 Å². The number of hydrogen-bond acceptors (Lipinski definition) is 4. The first-order valence-electron chi connectivity index (χ1n) is 7.16. The van der Waals surface area contributed by atoms with Gasteiger partial charge in [0.25, 0.3) is 0 Å². The van der Waals surface area contributed by atoms with E-state index in [-0.39, 0.29) is 30.9 Å². The number of nitrogens with zero attached hydrogens (tertiary/aromatic N) is 4. The second-order valence-corrected chi connectivity index (χ2v) is 6.52. The summed E-state index contributed by atoms with van der Waals surface area (Å²) in [6, 6.07) is 5.69. The molecule has 24 heavy (non-hydrogen) atoms. The van der Waals surface area contributed by atoms with Crippen molar-refractivity contribution in [2.45, 2.75) is 24.4 Å². The number of halogens is 3. The van der Waals surface area contributed by atoms with Gasteiger partial charge in [0.1, 0.15) is 16.6 Å². The van der Waals surface area contributed by atoms with Crippen LogP contribution in [-0.4, -0.2) is 39.1 Å². The minimum atomic E-state index is -1.27. The second-order valence-electron chi connectivity index (χ2n) is 5.70. The normalized spacial score (nSPS) is 22.7. The molecule has 1 aliphatic carbocycles. The molecule has 9 heteroatoms. The van der Waals surface area contributed by atoms with Crippen LogP contribution in [0, 0.1) is 5.82 Å². The predicted molar refractivity (Wildman–Crippen MR) is 85.1 cm³/mol. The van der Waals surface area contributed by atoms with Crippen molar-refractivity contribution in [3.05, 3.63) is 46.6 Å². The molecular formula is C15H13BrF2N4O2. The molecule has 1 amide bonds. The Balaban J connectivity index is 1.96. The van der Waals surface area contributed by atoms with Crippen LogP contribution in [0.1, 0.15) is 18.5 Å². The molecule has 0 unspecified atom stereocenters. The third kappa shape index (κ3) is 3.08. The van der Waals surface area contributed by atoms with Crippen molar-refractivity contribution in [1.82, 2.24) is 15.2 Å². The third-order valence-corrected chi connectivity index (χ3v) is 4.49. The van der Waals surface area contributed by atoms with E-state index in [9.17, 15) is 18.7 Å². The van der Waals surface area contributed by atoms with Crippen LogP contribution in [0.2, 0.25) is 0 Å². The summed E-state index contributed by atoms with van der Waals surface area (Å²) in [4.78, 5) is 16.6. The summed E-state index contributed by atoms with van der Waals surface area (Å²) in [6.07, 6.45) is -0.956. The second kappa shape index (κ2) is 6.39. The van der Waals surface area contributed by atoms with Crippen molar-refractivity contribution in [2.75, 3.05) is 11.4 Å². The number of carboxylic acid groups (broad SMARTS) is 1. The average molecular weight is 399 g/mol. The molecule has 6 nitrogen and oxygen atoms in total. The highest BCUT2D eigenvalue weighted by atomic mass is 79.9. The maximum absolute atomic E-state index is 14.2. The fourth-order valence-corrected chi connectivity index (χ4v) is 3.18. The van der Waals surface area contributed by atoms with E-state index in [1.165, 1.54) is 24.4 Å². The molecule has 3 rings (SSSR count). The summed E-state index contributed by atoms with van der Waals surface area (Å²) in [5.41, 5.74) is -0.937. The van der Waals surface area contributed by atoms with Crippen LogP contribution in [0.3, 0.4) is 0 Å². The fraction of sp³-hybridized carbons (Fsp3) is 0.333. The minimum Gasteiger partial charge on any atom is -0.465 e. The molecule has 2 aromatic rings. The molecule has 0 radical (unpaired) electrons. The van der Waals surface area contributed by atoms with E-state index in [0.29, 0.717) is 4.60 Å². The number of anilines is 1. The minimum absolute atomic E-state index is 0.00860. The lowest BCUT2D eigenvalue weighted by Gasteiger charge is -2.45. The molecule has 0 spiro atoms. The summed E-state index contributed by atoms with van der Waals surface area (Å²) >= 11 is 3.12. The Bertz CT molecular complexity index is 753. The van der Waals surface area contributed by atoms with Crippen molar-refractivity contribution in [1.29, 1.82) is 0 Å². The molecule has 2 aromatic heterocycles. The van der Waals surface area contributed by atoms with Gasteiger partial charge in [0.05, 0.1) is 5.69 Å². The van der Waals surface area contributed by atoms with E-state index >= 15 is 0 Å². The molecule has 0 aromatic carbocycles. The number of aromatic nitrogens is 3. The van der Waals surface area contributed by atoms with Crippen LogP contribution < -0.4 is 4.90 Å². The van der Waals surface area contributed by atoms with E-state index in [4.69, 9.17) is 0 Å². The maximum Gasteiger partial charge on any atom is 0.413 e. The molecule has 0 saturated heterocycles. The van der Waals surface area contributed by atoms with Gasteiger partial charge in [-0.2, -0.15) is 0 Å². The summed E-state index contributed by atoms with van der Waals surface area (Å²) in [5.74, 6) is -0.486. The van der Waals surface area contributed by atoms with Gasteiger partial charge in [-0.05, 0) is 53.0 Å². The van der Waals surface area contributed by atoms with Gasteiger partial charge in [0, 0.05) is 18.2 Å². The highest BCUT2D eigenvalue weighted by molar-refractivity contribution is 9.10. The number of hydrogen-bond donors (Lipinski definition) is 1. The Hall–Kier alpha value is -2.16. The van der Waals surface area contributed by atoms with Gasteiger partial charge >= 0.3 is 6.09 Å². The van der Waals surface area contributed by atoms with Crippen molar-refractivity contribution in [2.24, 2.45) is 0 Å². The van der Waals surface area contributed by atoms with Crippen molar-refractivity contribution in [3.63, 3.8) is 0 Å². The lowest BCUT2D eigenvalue weighted by Crippen LogP contribution is -2.53. The summed E-state index contributed by atoms with van der Waals surface area (Å²) in [5, 5.41) is 17.1. The quantitative estimate of drug-likeness (QED) is 0.854. The van der Waals surface area contributed by atoms with Crippen LogP contribution >= 0.6 is 15.9 Å². The van der Waals surface area contributed by atoms with Gasteiger partial charge in [-0.3, -0.25) is 9.88 Å². The molecule has 1 saturated carbocycles. The lowest BCUT2D eigenvalue weighted by molar-refractivity contribution is 0.0901. The molecule has 126 valence electrons. The average Bonchev–Trinajstić information content (AvgIpc) is 2.51. The van der Waals surface area contributed by atoms with Crippen LogP contribution in [0.15, 0.2) is 35.1 Å². The fourth-order valence-electron chi connectivity index (χ4n) is 2.96. The molecule has 1 fully saturated rings. The number of pyridine rings is 1. The number of rotatable bonds is 4. The molecule has 0 aliphatic heterocycles. The first-order chi connectivity index (χ1) is 11.4. The zero-order valence-electron chi connectivity index (χ0n) is 12.4. The zero-order valence-corrected chi connectivity index (χ0v) is 13.9. The van der Waals surface area contributed by atoms with Gasteiger partial charge in [0.2, 0.25) is 0 Å². The molecule has 1 N–H and O–H groups in total. The predicted octanol–water partition coefficient (Wildman–Crippen LogP) is 3.33. The molecule has 0 atom stereocenters. The maximum atomic E-state index is 14.2. The van der Waals surface area contributed by atoms with E-state index in [2.05, 4.69) is 31.1 Å². The highest BCUT2D eigenvalue weighted by Crippen LogP contribution is 2.46. The standard InChI is InChI=1S/C15H13BrF2N4O2/c16-11-3-4-12(21-20-11)22(14(23)24)8-15(6-9(17)7-15)13-10(18)2-1-5-19-13/h1-5,9H,6-8H2,(H,23,24)/t9-,15+. The van der Waals surface area contributed by atoms with Gasteiger partial charge < -0.3 is 5.11 Å². The smallest absolute Gasteiger partial charge is 0.413 e. The lowest BCUT2D eigenvalue weighted by atomic mass is 9.64. The Kier molecular flexibility index (Phi) is 4.44. The number of carbonyl (C=O) groups is 1. The number of alkyl halides is 1. The first kappa shape index (κ1) is 16.7. The first-order valence-corrected chi connectivity index (χ1v) is 7.95. The van der Waals surface area contributed by atoms with Gasteiger partial charge in [-0.15, -0.1) is 10.2 Å².